The summed E-state index contributed by atoms with van der Waals surface area (Å²) in [6, 6.07) is 0. The monoisotopic (exact) mass is 238 g/mol. The average Bonchev–Trinajstić information content (AvgIpc) is 3.04. The van der Waals surface area contributed by atoms with Crippen LogP contribution >= 0.6 is 0 Å². The van der Waals surface area contributed by atoms with E-state index >= 15 is 0 Å². The molecule has 3 unspecified atom stereocenters. The molecule has 2 rings (SSSR count). The molecule has 0 saturated carbocycles. The highest BCUT2D eigenvalue weighted by Crippen LogP contribution is 2.47. The van der Waals surface area contributed by atoms with Crippen molar-refractivity contribution in [3.05, 3.63) is 24.3 Å². The third-order valence-corrected chi connectivity index (χ3v) is 3.45. The van der Waals surface area contributed by atoms with Crippen LogP contribution in [0.5, 0.6) is 0 Å². The molecular formula is C12H14O5. The predicted molar refractivity (Wildman–Crippen MR) is 58.4 cm³/mol. The van der Waals surface area contributed by atoms with Crippen LogP contribution in [0.2, 0.25) is 0 Å². The number of epoxide rings is 1. The number of hydrogen-bond acceptors (Lipinski definition) is 3. The van der Waals surface area contributed by atoms with Gasteiger partial charge >= 0.3 is 11.9 Å². The van der Waals surface area contributed by atoms with Crippen LogP contribution in [0.25, 0.3) is 0 Å². The molecule has 0 bridgehead atoms. The van der Waals surface area contributed by atoms with Crippen molar-refractivity contribution >= 4 is 11.9 Å². The van der Waals surface area contributed by atoms with Crippen molar-refractivity contribution in [3.8, 4) is 0 Å². The maximum atomic E-state index is 11.6. The fourth-order valence-corrected chi connectivity index (χ4v) is 2.39. The van der Waals surface area contributed by atoms with Crippen molar-refractivity contribution in [1.29, 1.82) is 0 Å². The zero-order valence-electron chi connectivity index (χ0n) is 9.26. The van der Waals surface area contributed by atoms with Crippen molar-refractivity contribution in [1.82, 2.24) is 0 Å². The zero-order chi connectivity index (χ0) is 12.6. The second-order valence-corrected chi connectivity index (χ2v) is 4.49. The van der Waals surface area contributed by atoms with Gasteiger partial charge in [-0.15, -0.1) is 0 Å². The molecule has 5 heteroatoms. The van der Waals surface area contributed by atoms with E-state index in [0.717, 1.165) is 0 Å². The number of hydrogen-bond donors (Lipinski definition) is 2. The Morgan fingerprint density at radius 1 is 1.53 bits per heavy atom. The Morgan fingerprint density at radius 3 is 2.65 bits per heavy atom. The minimum absolute atomic E-state index is 0.156. The van der Waals surface area contributed by atoms with Gasteiger partial charge in [0.25, 0.3) is 0 Å². The van der Waals surface area contributed by atoms with Crippen molar-refractivity contribution in [3.63, 3.8) is 0 Å². The van der Waals surface area contributed by atoms with Gasteiger partial charge in [0.15, 0.2) is 0 Å². The first-order valence-corrected chi connectivity index (χ1v) is 5.41. The van der Waals surface area contributed by atoms with Crippen molar-refractivity contribution in [2.45, 2.75) is 18.9 Å². The molecule has 3 atom stereocenters. The van der Waals surface area contributed by atoms with Gasteiger partial charge in [-0.3, -0.25) is 9.59 Å². The molecule has 5 nitrogen and oxygen atoms in total. The van der Waals surface area contributed by atoms with E-state index in [1.165, 1.54) is 6.08 Å². The topological polar surface area (TPSA) is 87.1 Å². The summed E-state index contributed by atoms with van der Waals surface area (Å²) in [5.74, 6) is -3.33. The number of aliphatic carboxylic acids is 2. The molecule has 17 heavy (non-hydrogen) atoms. The van der Waals surface area contributed by atoms with E-state index in [1.807, 2.05) is 0 Å². The maximum absolute atomic E-state index is 11.6. The summed E-state index contributed by atoms with van der Waals surface area (Å²) in [5.41, 5.74) is -0.989. The molecular weight excluding hydrogens is 224 g/mol. The lowest BCUT2D eigenvalue weighted by Gasteiger charge is -2.37. The molecule has 2 aliphatic rings. The Labute approximate surface area is 98.4 Å². The summed E-state index contributed by atoms with van der Waals surface area (Å²) < 4.78 is 5.04. The van der Waals surface area contributed by atoms with Crippen LogP contribution in [0, 0.1) is 11.3 Å². The van der Waals surface area contributed by atoms with Crippen LogP contribution in [0.4, 0.5) is 0 Å². The van der Waals surface area contributed by atoms with Gasteiger partial charge in [-0.2, -0.15) is 0 Å². The van der Waals surface area contributed by atoms with Gasteiger partial charge in [-0.25, -0.2) is 0 Å². The number of carboxylic acid groups (broad SMARTS) is 2. The second-order valence-electron chi connectivity index (χ2n) is 4.49. The number of carbonyl (C=O) groups is 2. The number of allylic oxidation sites excluding steroid dienone is 1. The first kappa shape index (κ1) is 11.9. The van der Waals surface area contributed by atoms with Crippen LogP contribution in [0.3, 0.4) is 0 Å². The molecule has 1 heterocycles. The molecule has 92 valence electrons. The van der Waals surface area contributed by atoms with E-state index in [1.54, 1.807) is 6.08 Å². The number of ether oxygens (including phenoxy) is 1. The van der Waals surface area contributed by atoms with E-state index in [4.69, 9.17) is 4.74 Å². The summed E-state index contributed by atoms with van der Waals surface area (Å²) in [6.07, 6.45) is 3.55. The Morgan fingerprint density at radius 2 is 2.18 bits per heavy atom. The molecule has 0 aromatic carbocycles. The van der Waals surface area contributed by atoms with Crippen molar-refractivity contribution < 1.29 is 24.5 Å². The molecule has 0 spiro atoms. The van der Waals surface area contributed by atoms with Crippen LogP contribution < -0.4 is 0 Å². The molecule has 1 fully saturated rings. The average molecular weight is 238 g/mol. The standard InChI is InChI=1S/C12H14O5/c1-7-3-2-4-9(10(13)14)12(7,11(15)16)5-8-6-17-8/h2,4,8-9H,1,3,5-6H2,(H,13,14)(H,15,16). The molecule has 0 amide bonds. The van der Waals surface area contributed by atoms with Gasteiger partial charge in [0.2, 0.25) is 0 Å². The van der Waals surface area contributed by atoms with Gasteiger partial charge < -0.3 is 14.9 Å². The third-order valence-electron chi connectivity index (χ3n) is 3.45. The lowest BCUT2D eigenvalue weighted by Crippen LogP contribution is -2.45. The minimum atomic E-state index is -1.43. The molecule has 1 aliphatic carbocycles. The van der Waals surface area contributed by atoms with Crippen LogP contribution in [-0.4, -0.2) is 34.9 Å². The fourth-order valence-electron chi connectivity index (χ4n) is 2.39. The van der Waals surface area contributed by atoms with Crippen molar-refractivity contribution in [2.75, 3.05) is 6.61 Å². The predicted octanol–water partition coefficient (Wildman–Crippen LogP) is 1.06. The summed E-state index contributed by atoms with van der Waals surface area (Å²) in [7, 11) is 0. The highest BCUT2D eigenvalue weighted by molar-refractivity contribution is 5.88. The zero-order valence-corrected chi connectivity index (χ0v) is 9.26. The Bertz CT molecular complexity index is 407. The molecule has 2 N–H and O–H groups in total. The van der Waals surface area contributed by atoms with Gasteiger partial charge in [0, 0.05) is 0 Å². The quantitative estimate of drug-likeness (QED) is 0.565. The van der Waals surface area contributed by atoms with Crippen LogP contribution in [0.1, 0.15) is 12.8 Å². The minimum Gasteiger partial charge on any atom is -0.481 e. The lowest BCUT2D eigenvalue weighted by atomic mass is 9.64. The second kappa shape index (κ2) is 4.00. The summed E-state index contributed by atoms with van der Waals surface area (Å²) >= 11 is 0. The summed E-state index contributed by atoms with van der Waals surface area (Å²) in [5, 5.41) is 18.6. The summed E-state index contributed by atoms with van der Waals surface area (Å²) in [6.45, 7) is 4.25. The van der Waals surface area contributed by atoms with Gasteiger partial charge in [0.1, 0.15) is 5.41 Å². The van der Waals surface area contributed by atoms with Gasteiger partial charge in [0.05, 0.1) is 18.6 Å². The number of carboxylic acids is 2. The smallest absolute Gasteiger partial charge is 0.315 e. The largest absolute Gasteiger partial charge is 0.481 e. The molecule has 0 radical (unpaired) electrons. The SMILES string of the molecule is C=C1CC=CC(C(=O)O)C1(CC1CO1)C(=O)O. The Balaban J connectivity index is 2.42. The van der Waals surface area contributed by atoms with Crippen LogP contribution in [0.15, 0.2) is 24.3 Å². The Kier molecular flexibility index (Phi) is 2.79. The number of rotatable bonds is 4. The van der Waals surface area contributed by atoms with Gasteiger partial charge in [-0.1, -0.05) is 24.3 Å². The molecule has 1 saturated heterocycles. The normalized spacial score (nSPS) is 35.6. The van der Waals surface area contributed by atoms with E-state index < -0.39 is 23.3 Å². The van der Waals surface area contributed by atoms with E-state index in [9.17, 15) is 19.8 Å². The molecule has 0 aromatic heterocycles. The highest BCUT2D eigenvalue weighted by atomic mass is 16.6. The van der Waals surface area contributed by atoms with E-state index in [2.05, 4.69) is 6.58 Å². The van der Waals surface area contributed by atoms with Gasteiger partial charge in [-0.05, 0) is 12.8 Å². The Hall–Kier alpha value is -1.62. The van der Waals surface area contributed by atoms with Crippen molar-refractivity contribution in [2.24, 2.45) is 11.3 Å². The fraction of sp³-hybridized carbons (Fsp3) is 0.500. The van der Waals surface area contributed by atoms with Crippen LogP contribution in [-0.2, 0) is 14.3 Å². The van der Waals surface area contributed by atoms with E-state index in [0.29, 0.717) is 18.6 Å². The first-order valence-electron chi connectivity index (χ1n) is 5.41. The first-order chi connectivity index (χ1) is 7.98. The summed E-state index contributed by atoms with van der Waals surface area (Å²) in [4.78, 5) is 22.8. The molecule has 1 aliphatic heterocycles. The maximum Gasteiger partial charge on any atom is 0.315 e. The third kappa shape index (κ3) is 1.86. The van der Waals surface area contributed by atoms with E-state index in [-0.39, 0.29) is 12.5 Å². The highest BCUT2D eigenvalue weighted by Gasteiger charge is 2.54. The molecule has 0 aromatic rings. The lowest BCUT2D eigenvalue weighted by molar-refractivity contribution is -0.158.